The third-order valence-electron chi connectivity index (χ3n) is 4.51. The zero-order chi connectivity index (χ0) is 14.6. The van der Waals surface area contributed by atoms with Gasteiger partial charge in [-0.15, -0.1) is 11.8 Å². The molecule has 0 amide bonds. The van der Waals surface area contributed by atoms with Crippen LogP contribution in [0, 0.1) is 5.41 Å². The second-order valence-corrected chi connectivity index (χ2v) is 8.65. The average molecular weight is 309 g/mol. The maximum absolute atomic E-state index is 4.64. The van der Waals surface area contributed by atoms with Gasteiger partial charge in [-0.2, -0.15) is 12.6 Å². The van der Waals surface area contributed by atoms with Crippen LogP contribution in [-0.2, 0) is 5.41 Å². The van der Waals surface area contributed by atoms with E-state index in [1.165, 1.54) is 48.3 Å². The van der Waals surface area contributed by atoms with E-state index < -0.39 is 0 Å². The molecule has 0 spiro atoms. The molecular formula is C18H28S2. The first-order valence-electron chi connectivity index (χ1n) is 7.79. The molecular weight excluding hydrogens is 280 g/mol. The number of rotatable bonds is 4. The SMILES string of the molecule is CC(C)(C)c1ccc(SCC2(CS)CCCCC2)cc1. The van der Waals surface area contributed by atoms with Gasteiger partial charge in [-0.3, -0.25) is 0 Å². The van der Waals surface area contributed by atoms with Crippen molar-refractivity contribution in [3.63, 3.8) is 0 Å². The van der Waals surface area contributed by atoms with Crippen LogP contribution in [0.4, 0.5) is 0 Å². The van der Waals surface area contributed by atoms with Gasteiger partial charge in [0, 0.05) is 10.6 Å². The fourth-order valence-corrected chi connectivity index (χ4v) is 4.71. The van der Waals surface area contributed by atoms with Crippen molar-refractivity contribution in [1.29, 1.82) is 0 Å². The van der Waals surface area contributed by atoms with Gasteiger partial charge in [0.05, 0.1) is 0 Å². The molecule has 0 aromatic heterocycles. The molecule has 1 aromatic rings. The number of hydrogen-bond acceptors (Lipinski definition) is 2. The first kappa shape index (κ1) is 16.3. The molecule has 1 fully saturated rings. The van der Waals surface area contributed by atoms with Crippen molar-refractivity contribution in [1.82, 2.24) is 0 Å². The summed E-state index contributed by atoms with van der Waals surface area (Å²) in [5.41, 5.74) is 2.15. The largest absolute Gasteiger partial charge is 0.179 e. The second-order valence-electron chi connectivity index (χ2n) is 7.28. The highest BCUT2D eigenvalue weighted by atomic mass is 32.2. The summed E-state index contributed by atoms with van der Waals surface area (Å²) in [6, 6.07) is 9.16. The minimum Gasteiger partial charge on any atom is -0.179 e. The molecule has 1 aliphatic rings. The van der Waals surface area contributed by atoms with Crippen molar-refractivity contribution in [3.05, 3.63) is 29.8 Å². The van der Waals surface area contributed by atoms with E-state index in [4.69, 9.17) is 0 Å². The summed E-state index contributed by atoms with van der Waals surface area (Å²) in [7, 11) is 0. The first-order valence-corrected chi connectivity index (χ1v) is 9.41. The van der Waals surface area contributed by atoms with E-state index in [-0.39, 0.29) is 5.41 Å². The summed E-state index contributed by atoms with van der Waals surface area (Å²) >= 11 is 6.66. The summed E-state index contributed by atoms with van der Waals surface area (Å²) in [5, 5.41) is 0. The Balaban J connectivity index is 1.96. The van der Waals surface area contributed by atoms with Crippen molar-refractivity contribution in [2.24, 2.45) is 5.41 Å². The van der Waals surface area contributed by atoms with Crippen LogP contribution in [0.25, 0.3) is 0 Å². The van der Waals surface area contributed by atoms with Gasteiger partial charge >= 0.3 is 0 Å². The lowest BCUT2D eigenvalue weighted by Gasteiger charge is -2.35. The molecule has 0 radical (unpaired) electrons. The van der Waals surface area contributed by atoms with E-state index in [0.29, 0.717) is 5.41 Å². The molecule has 0 unspecified atom stereocenters. The van der Waals surface area contributed by atoms with Crippen LogP contribution in [0.5, 0.6) is 0 Å². The molecule has 0 saturated heterocycles. The monoisotopic (exact) mass is 308 g/mol. The van der Waals surface area contributed by atoms with Crippen LogP contribution in [0.3, 0.4) is 0 Å². The van der Waals surface area contributed by atoms with Crippen LogP contribution in [0.1, 0.15) is 58.4 Å². The van der Waals surface area contributed by atoms with Crippen LogP contribution in [0.2, 0.25) is 0 Å². The highest BCUT2D eigenvalue weighted by molar-refractivity contribution is 7.99. The van der Waals surface area contributed by atoms with E-state index in [2.05, 4.69) is 57.7 Å². The highest BCUT2D eigenvalue weighted by Crippen LogP contribution is 2.41. The summed E-state index contributed by atoms with van der Waals surface area (Å²) in [6.07, 6.45) is 6.93. The standard InChI is InChI=1S/C18H28S2/c1-17(2,3)15-7-9-16(10-8-15)20-14-18(13-19)11-5-4-6-12-18/h7-10,19H,4-6,11-14H2,1-3H3. The topological polar surface area (TPSA) is 0 Å². The lowest BCUT2D eigenvalue weighted by molar-refractivity contribution is 0.259. The molecule has 2 heteroatoms. The molecule has 112 valence electrons. The zero-order valence-electron chi connectivity index (χ0n) is 13.1. The Kier molecular flexibility index (Phi) is 5.53. The lowest BCUT2D eigenvalue weighted by atomic mass is 9.77. The smallest absolute Gasteiger partial charge is 0.00723 e. The van der Waals surface area contributed by atoms with Gasteiger partial charge in [0.2, 0.25) is 0 Å². The summed E-state index contributed by atoms with van der Waals surface area (Å²) < 4.78 is 0. The molecule has 1 aliphatic carbocycles. The normalized spacial score (nSPS) is 19.0. The number of hydrogen-bond donors (Lipinski definition) is 1. The van der Waals surface area contributed by atoms with Crippen LogP contribution in [0.15, 0.2) is 29.2 Å². The van der Waals surface area contributed by atoms with Crippen molar-refractivity contribution in [2.45, 2.75) is 63.2 Å². The minimum absolute atomic E-state index is 0.249. The summed E-state index contributed by atoms with van der Waals surface area (Å²) in [6.45, 7) is 6.81. The van der Waals surface area contributed by atoms with Gasteiger partial charge in [0.15, 0.2) is 0 Å². The molecule has 2 rings (SSSR count). The third kappa shape index (κ3) is 4.21. The lowest BCUT2D eigenvalue weighted by Crippen LogP contribution is -2.28. The number of thioether (sulfide) groups is 1. The fraction of sp³-hybridized carbons (Fsp3) is 0.667. The van der Waals surface area contributed by atoms with Gasteiger partial charge in [-0.1, -0.05) is 52.2 Å². The molecule has 0 N–H and O–H groups in total. The third-order valence-corrected chi connectivity index (χ3v) is 6.55. The van der Waals surface area contributed by atoms with E-state index >= 15 is 0 Å². The Morgan fingerprint density at radius 2 is 1.65 bits per heavy atom. The molecule has 0 nitrogen and oxygen atoms in total. The fourth-order valence-electron chi connectivity index (χ4n) is 2.94. The van der Waals surface area contributed by atoms with Crippen LogP contribution >= 0.6 is 24.4 Å². The molecule has 0 aliphatic heterocycles. The minimum atomic E-state index is 0.249. The Bertz CT molecular complexity index is 408. The Labute approximate surface area is 134 Å². The van der Waals surface area contributed by atoms with Crippen molar-refractivity contribution in [3.8, 4) is 0 Å². The molecule has 0 heterocycles. The van der Waals surface area contributed by atoms with Gasteiger partial charge < -0.3 is 0 Å². The molecule has 0 bridgehead atoms. The average Bonchev–Trinajstić information content (AvgIpc) is 2.46. The number of thiol groups is 1. The molecule has 1 aromatic carbocycles. The van der Waals surface area contributed by atoms with Crippen LogP contribution < -0.4 is 0 Å². The first-order chi connectivity index (χ1) is 9.45. The van der Waals surface area contributed by atoms with E-state index in [1.807, 2.05) is 11.8 Å². The Hall–Kier alpha value is -0.0800. The zero-order valence-corrected chi connectivity index (χ0v) is 14.8. The van der Waals surface area contributed by atoms with E-state index in [9.17, 15) is 0 Å². The van der Waals surface area contributed by atoms with E-state index in [1.54, 1.807) is 0 Å². The maximum Gasteiger partial charge on any atom is 0.00723 e. The van der Waals surface area contributed by atoms with Gasteiger partial charge in [0.25, 0.3) is 0 Å². The van der Waals surface area contributed by atoms with Gasteiger partial charge in [-0.05, 0) is 47.1 Å². The second kappa shape index (κ2) is 6.79. The summed E-state index contributed by atoms with van der Waals surface area (Å²) in [5.74, 6) is 2.27. The van der Waals surface area contributed by atoms with Crippen LogP contribution in [-0.4, -0.2) is 11.5 Å². The van der Waals surface area contributed by atoms with Gasteiger partial charge in [-0.25, -0.2) is 0 Å². The molecule has 20 heavy (non-hydrogen) atoms. The van der Waals surface area contributed by atoms with Gasteiger partial charge in [0.1, 0.15) is 0 Å². The molecule has 1 saturated carbocycles. The van der Waals surface area contributed by atoms with E-state index in [0.717, 1.165) is 5.75 Å². The predicted molar refractivity (Wildman–Crippen MR) is 95.2 cm³/mol. The predicted octanol–water partition coefficient (Wildman–Crippen LogP) is 5.96. The number of benzene rings is 1. The highest BCUT2D eigenvalue weighted by Gasteiger charge is 2.30. The van der Waals surface area contributed by atoms with Crippen molar-refractivity contribution < 1.29 is 0 Å². The Morgan fingerprint density at radius 3 is 2.15 bits per heavy atom. The maximum atomic E-state index is 4.64. The Morgan fingerprint density at radius 1 is 1.05 bits per heavy atom. The summed E-state index contributed by atoms with van der Waals surface area (Å²) in [4.78, 5) is 1.41. The van der Waals surface area contributed by atoms with Crippen molar-refractivity contribution in [2.75, 3.05) is 11.5 Å². The van der Waals surface area contributed by atoms with Crippen molar-refractivity contribution >= 4 is 24.4 Å². The quantitative estimate of drug-likeness (QED) is 0.529. The molecule has 0 atom stereocenters.